The first-order valence-corrected chi connectivity index (χ1v) is 6.38. The lowest BCUT2D eigenvalue weighted by Crippen LogP contribution is -2.00. The molecule has 0 saturated heterocycles. The van der Waals surface area contributed by atoms with Gasteiger partial charge in [-0.15, -0.1) is 5.10 Å². The van der Waals surface area contributed by atoms with E-state index >= 15 is 0 Å². The largest absolute Gasteiger partial charge is 0.476 e. The summed E-state index contributed by atoms with van der Waals surface area (Å²) in [5.41, 5.74) is 0.608. The number of aromatic nitrogens is 4. The molecule has 0 bridgehead atoms. The fourth-order valence-electron chi connectivity index (χ4n) is 1.93. The molecule has 0 amide bonds. The van der Waals surface area contributed by atoms with Crippen LogP contribution >= 0.6 is 15.9 Å². The minimum absolute atomic E-state index is 0.103. The van der Waals surface area contributed by atoms with Gasteiger partial charge >= 0.3 is 5.97 Å². The molecular weight excluding hydrogens is 331 g/mol. The van der Waals surface area contributed by atoms with E-state index in [1.807, 2.05) is 0 Å². The Hall–Kier alpha value is -2.22. The van der Waals surface area contributed by atoms with Gasteiger partial charge < -0.3 is 5.11 Å². The van der Waals surface area contributed by atoms with Crippen molar-refractivity contribution in [2.24, 2.45) is 7.05 Å². The van der Waals surface area contributed by atoms with Crippen LogP contribution in [-0.4, -0.2) is 30.2 Å². The molecule has 0 aliphatic rings. The fraction of sp³-hybridized carbons (Fsp3) is 0.0833. The maximum atomic E-state index is 12.9. The van der Waals surface area contributed by atoms with Crippen LogP contribution in [0.25, 0.3) is 17.2 Å². The number of aromatic carboxylic acids is 1. The van der Waals surface area contributed by atoms with Gasteiger partial charge in [0.15, 0.2) is 11.5 Å². The molecule has 0 fully saturated rings. The van der Waals surface area contributed by atoms with E-state index in [-0.39, 0.29) is 16.1 Å². The number of aryl methyl sites for hydroxylation is 1. The van der Waals surface area contributed by atoms with Gasteiger partial charge in [-0.25, -0.2) is 14.2 Å². The van der Waals surface area contributed by atoms with Crippen molar-refractivity contribution in [1.82, 2.24) is 19.2 Å². The molecule has 0 spiro atoms. The lowest BCUT2D eigenvalue weighted by atomic mass is 10.2. The number of rotatable bonds is 2. The fourth-order valence-corrected chi connectivity index (χ4v) is 2.43. The minimum atomic E-state index is -1.13. The summed E-state index contributed by atoms with van der Waals surface area (Å²) < 4.78 is 16.2. The summed E-state index contributed by atoms with van der Waals surface area (Å²) in [7, 11) is 1.71. The van der Waals surface area contributed by atoms with Gasteiger partial charge in [-0.3, -0.25) is 4.57 Å². The van der Waals surface area contributed by atoms with Gasteiger partial charge in [0, 0.05) is 12.6 Å². The van der Waals surface area contributed by atoms with Crippen LogP contribution in [0.2, 0.25) is 0 Å². The third kappa shape index (κ3) is 1.80. The summed E-state index contributed by atoms with van der Waals surface area (Å²) in [4.78, 5) is 15.0. The van der Waals surface area contributed by atoms with Gasteiger partial charge in [0.2, 0.25) is 5.78 Å². The SMILES string of the molecule is Cn1c(-c2ccc(F)cc2)nn2c(Br)c(C(=O)O)nc12. The average molecular weight is 339 g/mol. The van der Waals surface area contributed by atoms with Gasteiger partial charge in [-0.1, -0.05) is 0 Å². The van der Waals surface area contributed by atoms with Crippen molar-refractivity contribution in [3.05, 3.63) is 40.4 Å². The van der Waals surface area contributed by atoms with E-state index in [4.69, 9.17) is 5.11 Å². The molecular formula is C12H8BrFN4O2. The van der Waals surface area contributed by atoms with Crippen molar-refractivity contribution in [1.29, 1.82) is 0 Å². The predicted molar refractivity (Wildman–Crippen MR) is 72.0 cm³/mol. The first-order valence-electron chi connectivity index (χ1n) is 5.59. The van der Waals surface area contributed by atoms with Crippen molar-refractivity contribution < 1.29 is 14.3 Å². The molecule has 3 rings (SSSR count). The molecule has 0 unspecified atom stereocenters. The molecule has 3 aromatic rings. The van der Waals surface area contributed by atoms with Crippen molar-refractivity contribution in [3.8, 4) is 11.4 Å². The number of fused-ring (bicyclic) bond motifs is 1. The molecule has 0 saturated carbocycles. The monoisotopic (exact) mass is 338 g/mol. The summed E-state index contributed by atoms with van der Waals surface area (Å²) >= 11 is 3.17. The summed E-state index contributed by atoms with van der Waals surface area (Å²) in [5, 5.41) is 13.3. The molecule has 102 valence electrons. The predicted octanol–water partition coefficient (Wildman–Crippen LogP) is 2.33. The first kappa shape index (κ1) is 12.8. The number of carboxylic acid groups (broad SMARTS) is 1. The number of imidazole rings is 1. The van der Waals surface area contributed by atoms with Crippen LogP contribution in [0.15, 0.2) is 28.9 Å². The molecule has 0 aliphatic heterocycles. The van der Waals surface area contributed by atoms with Crippen LogP contribution in [0.3, 0.4) is 0 Å². The molecule has 0 radical (unpaired) electrons. The second-order valence-electron chi connectivity index (χ2n) is 4.16. The highest BCUT2D eigenvalue weighted by atomic mass is 79.9. The van der Waals surface area contributed by atoms with E-state index in [2.05, 4.69) is 26.0 Å². The standard InChI is InChI=1S/C12H8BrFN4O2/c1-17-10(6-2-4-7(14)5-3-6)16-18-9(13)8(11(19)20)15-12(17)18/h2-5H,1H3,(H,19,20). The van der Waals surface area contributed by atoms with Gasteiger partial charge in [0.25, 0.3) is 0 Å². The Kier molecular flexibility index (Phi) is 2.82. The number of carboxylic acids is 1. The van der Waals surface area contributed by atoms with Crippen LogP contribution in [0.1, 0.15) is 10.5 Å². The Bertz CT molecular complexity index is 822. The number of carbonyl (C=O) groups is 1. The summed E-state index contributed by atoms with van der Waals surface area (Å²) in [5.74, 6) is -0.522. The minimum Gasteiger partial charge on any atom is -0.476 e. The van der Waals surface area contributed by atoms with Crippen molar-refractivity contribution in [2.75, 3.05) is 0 Å². The zero-order valence-corrected chi connectivity index (χ0v) is 11.8. The van der Waals surface area contributed by atoms with Crippen LogP contribution in [0.5, 0.6) is 0 Å². The molecule has 0 aliphatic carbocycles. The van der Waals surface area contributed by atoms with Crippen LogP contribution in [-0.2, 0) is 7.05 Å². The van der Waals surface area contributed by atoms with E-state index in [0.717, 1.165) is 0 Å². The second-order valence-corrected chi connectivity index (χ2v) is 4.91. The van der Waals surface area contributed by atoms with Gasteiger partial charge in [0.05, 0.1) is 0 Å². The van der Waals surface area contributed by atoms with E-state index in [1.54, 1.807) is 23.7 Å². The zero-order chi connectivity index (χ0) is 14.4. The Morgan fingerprint density at radius 3 is 2.55 bits per heavy atom. The lowest BCUT2D eigenvalue weighted by Gasteiger charge is -2.00. The second kappa shape index (κ2) is 4.41. The molecule has 0 atom stereocenters. The normalized spacial score (nSPS) is 11.2. The lowest BCUT2D eigenvalue weighted by molar-refractivity contribution is 0.0690. The van der Waals surface area contributed by atoms with Crippen LogP contribution in [0, 0.1) is 5.82 Å². The molecule has 6 nitrogen and oxygen atoms in total. The van der Waals surface area contributed by atoms with Crippen LogP contribution in [0.4, 0.5) is 4.39 Å². The molecule has 20 heavy (non-hydrogen) atoms. The number of nitrogens with zero attached hydrogens (tertiary/aromatic N) is 4. The smallest absolute Gasteiger partial charge is 0.357 e. The van der Waals surface area contributed by atoms with Gasteiger partial charge in [-0.2, -0.15) is 4.52 Å². The molecule has 8 heteroatoms. The number of benzene rings is 1. The number of hydrogen-bond acceptors (Lipinski definition) is 3. The maximum Gasteiger partial charge on any atom is 0.357 e. The maximum absolute atomic E-state index is 12.9. The van der Waals surface area contributed by atoms with E-state index < -0.39 is 5.97 Å². The summed E-state index contributed by atoms with van der Waals surface area (Å²) in [6, 6.07) is 5.88. The van der Waals surface area contributed by atoms with E-state index in [1.165, 1.54) is 16.6 Å². The molecule has 2 heterocycles. The van der Waals surface area contributed by atoms with Crippen molar-refractivity contribution in [2.45, 2.75) is 0 Å². The van der Waals surface area contributed by atoms with Gasteiger partial charge in [-0.05, 0) is 40.2 Å². The topological polar surface area (TPSA) is 72.4 Å². The molecule has 1 aromatic carbocycles. The van der Waals surface area contributed by atoms with E-state index in [0.29, 0.717) is 17.2 Å². The van der Waals surface area contributed by atoms with Gasteiger partial charge in [0.1, 0.15) is 10.4 Å². The van der Waals surface area contributed by atoms with Crippen molar-refractivity contribution >= 4 is 27.7 Å². The third-order valence-electron chi connectivity index (χ3n) is 2.90. The number of halogens is 2. The molecule has 1 N–H and O–H groups in total. The first-order chi connectivity index (χ1) is 9.49. The Morgan fingerprint density at radius 2 is 2.00 bits per heavy atom. The Morgan fingerprint density at radius 1 is 1.35 bits per heavy atom. The van der Waals surface area contributed by atoms with Crippen molar-refractivity contribution in [3.63, 3.8) is 0 Å². The third-order valence-corrected chi connectivity index (χ3v) is 3.61. The average Bonchev–Trinajstić information content (AvgIpc) is 2.90. The highest BCUT2D eigenvalue weighted by Gasteiger charge is 2.21. The van der Waals surface area contributed by atoms with Crippen LogP contribution < -0.4 is 0 Å². The Balaban J connectivity index is 2.22. The summed E-state index contributed by atoms with van der Waals surface area (Å²) in [6.45, 7) is 0. The number of hydrogen-bond donors (Lipinski definition) is 1. The highest BCUT2D eigenvalue weighted by molar-refractivity contribution is 9.10. The zero-order valence-electron chi connectivity index (χ0n) is 10.2. The quantitative estimate of drug-likeness (QED) is 0.778. The van der Waals surface area contributed by atoms with E-state index in [9.17, 15) is 9.18 Å². The molecule has 2 aromatic heterocycles. The Labute approximate surface area is 120 Å². The summed E-state index contributed by atoms with van der Waals surface area (Å²) in [6.07, 6.45) is 0. The highest BCUT2D eigenvalue weighted by Crippen LogP contribution is 2.24.